The standard InChI is InChI=1S/C13H24N2O5/c1-2-3-7-19-8-4-5-14-13(18)15-6-9-20-10-11(15)12(16)17/h11H,2-10H2,1H3,(H,14,18)(H,16,17). The molecule has 7 nitrogen and oxygen atoms in total. The van der Waals surface area contributed by atoms with Gasteiger partial charge in [-0.25, -0.2) is 9.59 Å². The van der Waals surface area contributed by atoms with Gasteiger partial charge in [0.1, 0.15) is 0 Å². The molecule has 0 bridgehead atoms. The minimum atomic E-state index is -1.04. The van der Waals surface area contributed by atoms with Gasteiger partial charge in [-0.05, 0) is 12.8 Å². The van der Waals surface area contributed by atoms with E-state index in [0.29, 0.717) is 26.3 Å². The number of carboxylic acids is 1. The van der Waals surface area contributed by atoms with Crippen LogP contribution in [-0.2, 0) is 14.3 Å². The Morgan fingerprint density at radius 3 is 2.85 bits per heavy atom. The Bertz CT molecular complexity index is 311. The van der Waals surface area contributed by atoms with Crippen LogP contribution in [0.25, 0.3) is 0 Å². The molecule has 1 fully saturated rings. The fourth-order valence-electron chi connectivity index (χ4n) is 1.87. The van der Waals surface area contributed by atoms with Gasteiger partial charge in [-0.3, -0.25) is 0 Å². The molecule has 1 saturated heterocycles. The van der Waals surface area contributed by atoms with Gasteiger partial charge in [0.05, 0.1) is 13.2 Å². The summed E-state index contributed by atoms with van der Waals surface area (Å²) >= 11 is 0. The molecule has 0 radical (unpaired) electrons. The smallest absolute Gasteiger partial charge is 0.328 e. The molecule has 0 saturated carbocycles. The van der Waals surface area contributed by atoms with E-state index in [1.165, 1.54) is 4.90 Å². The van der Waals surface area contributed by atoms with Crippen molar-refractivity contribution in [3.05, 3.63) is 0 Å². The fourth-order valence-corrected chi connectivity index (χ4v) is 1.87. The van der Waals surface area contributed by atoms with Crippen LogP contribution in [-0.4, -0.2) is 67.6 Å². The van der Waals surface area contributed by atoms with Crippen molar-refractivity contribution < 1.29 is 24.2 Å². The van der Waals surface area contributed by atoms with Gasteiger partial charge in [0, 0.05) is 26.3 Å². The Kier molecular flexibility index (Phi) is 7.98. The quantitative estimate of drug-likeness (QED) is 0.642. The summed E-state index contributed by atoms with van der Waals surface area (Å²) in [5.74, 6) is -1.04. The Morgan fingerprint density at radius 2 is 2.15 bits per heavy atom. The van der Waals surface area contributed by atoms with Crippen LogP contribution in [0.1, 0.15) is 26.2 Å². The number of carbonyl (C=O) groups excluding carboxylic acids is 1. The summed E-state index contributed by atoms with van der Waals surface area (Å²) in [6.07, 6.45) is 2.86. The molecule has 7 heteroatoms. The van der Waals surface area contributed by atoms with Crippen molar-refractivity contribution >= 4 is 12.0 Å². The number of rotatable bonds is 8. The molecule has 116 valence electrons. The molecule has 1 rings (SSSR count). The fraction of sp³-hybridized carbons (Fsp3) is 0.846. The summed E-state index contributed by atoms with van der Waals surface area (Å²) in [5, 5.41) is 11.7. The lowest BCUT2D eigenvalue weighted by Gasteiger charge is -2.32. The van der Waals surface area contributed by atoms with Crippen molar-refractivity contribution in [3.63, 3.8) is 0 Å². The summed E-state index contributed by atoms with van der Waals surface area (Å²) in [6, 6.07) is -1.25. The van der Waals surface area contributed by atoms with Crippen LogP contribution in [0.15, 0.2) is 0 Å². The van der Waals surface area contributed by atoms with Crippen molar-refractivity contribution in [2.24, 2.45) is 0 Å². The molecule has 0 aromatic carbocycles. The number of carboxylic acid groups (broad SMARTS) is 1. The van der Waals surface area contributed by atoms with Crippen molar-refractivity contribution in [2.45, 2.75) is 32.2 Å². The van der Waals surface area contributed by atoms with Crippen LogP contribution in [0, 0.1) is 0 Å². The van der Waals surface area contributed by atoms with Crippen molar-refractivity contribution in [1.82, 2.24) is 10.2 Å². The van der Waals surface area contributed by atoms with Gasteiger partial charge in [-0.1, -0.05) is 13.3 Å². The van der Waals surface area contributed by atoms with Gasteiger partial charge in [0.15, 0.2) is 6.04 Å². The number of morpholine rings is 1. The number of hydrogen-bond acceptors (Lipinski definition) is 4. The number of carbonyl (C=O) groups is 2. The summed E-state index contributed by atoms with van der Waals surface area (Å²) in [4.78, 5) is 24.2. The highest BCUT2D eigenvalue weighted by Gasteiger charge is 2.32. The van der Waals surface area contributed by atoms with Crippen molar-refractivity contribution in [2.75, 3.05) is 39.5 Å². The molecule has 0 aromatic heterocycles. The normalized spacial score (nSPS) is 18.9. The van der Waals surface area contributed by atoms with E-state index in [2.05, 4.69) is 12.2 Å². The predicted molar refractivity (Wildman–Crippen MR) is 72.7 cm³/mol. The molecule has 1 unspecified atom stereocenters. The van der Waals surface area contributed by atoms with Crippen LogP contribution in [0.5, 0.6) is 0 Å². The van der Waals surface area contributed by atoms with Crippen LogP contribution >= 0.6 is 0 Å². The van der Waals surface area contributed by atoms with Gasteiger partial charge in [0.25, 0.3) is 0 Å². The topological polar surface area (TPSA) is 88.1 Å². The first-order chi connectivity index (χ1) is 9.66. The van der Waals surface area contributed by atoms with Crippen molar-refractivity contribution in [3.8, 4) is 0 Å². The first kappa shape index (κ1) is 16.7. The summed E-state index contributed by atoms with van der Waals surface area (Å²) < 4.78 is 10.5. The largest absolute Gasteiger partial charge is 0.480 e. The van der Waals surface area contributed by atoms with E-state index in [9.17, 15) is 9.59 Å². The maximum atomic E-state index is 11.9. The third kappa shape index (κ3) is 5.75. The third-order valence-corrected chi connectivity index (χ3v) is 3.06. The molecule has 2 amide bonds. The first-order valence-corrected chi connectivity index (χ1v) is 7.09. The number of amides is 2. The molecule has 2 N–H and O–H groups in total. The lowest BCUT2D eigenvalue weighted by atomic mass is 10.2. The number of nitrogens with zero attached hydrogens (tertiary/aromatic N) is 1. The van der Waals surface area contributed by atoms with Crippen LogP contribution in [0.4, 0.5) is 4.79 Å². The number of aliphatic carboxylic acids is 1. The first-order valence-electron chi connectivity index (χ1n) is 7.09. The van der Waals surface area contributed by atoms with Gasteiger partial charge in [-0.2, -0.15) is 0 Å². The highest BCUT2D eigenvalue weighted by molar-refractivity contribution is 5.82. The second-order valence-electron chi connectivity index (χ2n) is 4.67. The Labute approximate surface area is 119 Å². The summed E-state index contributed by atoms with van der Waals surface area (Å²) in [7, 11) is 0. The average Bonchev–Trinajstić information content (AvgIpc) is 2.46. The van der Waals surface area contributed by atoms with E-state index in [1.54, 1.807) is 0 Å². The molecule has 1 aliphatic heterocycles. The minimum absolute atomic E-state index is 0.0445. The molecular formula is C13H24N2O5. The molecule has 20 heavy (non-hydrogen) atoms. The van der Waals surface area contributed by atoms with Crippen LogP contribution in [0.2, 0.25) is 0 Å². The highest BCUT2D eigenvalue weighted by atomic mass is 16.5. The second kappa shape index (κ2) is 9.55. The van der Waals surface area contributed by atoms with E-state index in [-0.39, 0.29) is 12.6 Å². The number of unbranched alkanes of at least 4 members (excludes halogenated alkanes) is 1. The van der Waals surface area contributed by atoms with E-state index in [1.807, 2.05) is 0 Å². The molecule has 1 aliphatic rings. The lowest BCUT2D eigenvalue weighted by molar-refractivity contribution is -0.147. The molecule has 0 aliphatic carbocycles. The van der Waals surface area contributed by atoms with Gasteiger partial charge in [-0.15, -0.1) is 0 Å². The maximum absolute atomic E-state index is 11.9. The summed E-state index contributed by atoms with van der Waals surface area (Å²) in [6.45, 7) is 4.65. The average molecular weight is 288 g/mol. The zero-order chi connectivity index (χ0) is 14.8. The van der Waals surface area contributed by atoms with Crippen LogP contribution in [0.3, 0.4) is 0 Å². The third-order valence-electron chi connectivity index (χ3n) is 3.06. The van der Waals surface area contributed by atoms with E-state index in [0.717, 1.165) is 25.9 Å². The van der Waals surface area contributed by atoms with Crippen molar-refractivity contribution in [1.29, 1.82) is 0 Å². The molecule has 1 heterocycles. The molecule has 1 atom stereocenters. The summed E-state index contributed by atoms with van der Waals surface area (Å²) in [5.41, 5.74) is 0. The zero-order valence-corrected chi connectivity index (χ0v) is 12.0. The minimum Gasteiger partial charge on any atom is -0.480 e. The van der Waals surface area contributed by atoms with E-state index >= 15 is 0 Å². The SMILES string of the molecule is CCCCOCCCNC(=O)N1CCOCC1C(=O)O. The second-order valence-corrected chi connectivity index (χ2v) is 4.67. The zero-order valence-electron chi connectivity index (χ0n) is 12.0. The lowest BCUT2D eigenvalue weighted by Crippen LogP contribution is -2.55. The Hall–Kier alpha value is -1.34. The number of nitrogens with one attached hydrogen (secondary N) is 1. The highest BCUT2D eigenvalue weighted by Crippen LogP contribution is 2.07. The van der Waals surface area contributed by atoms with E-state index < -0.39 is 12.0 Å². The van der Waals surface area contributed by atoms with Gasteiger partial charge < -0.3 is 24.8 Å². The monoisotopic (exact) mass is 288 g/mol. The molecule has 0 spiro atoms. The van der Waals surface area contributed by atoms with Gasteiger partial charge in [0.2, 0.25) is 0 Å². The number of ether oxygens (including phenoxy) is 2. The Balaban J connectivity index is 2.19. The predicted octanol–water partition coefficient (Wildman–Crippen LogP) is 0.688. The Morgan fingerprint density at radius 1 is 1.40 bits per heavy atom. The van der Waals surface area contributed by atoms with Crippen LogP contribution < -0.4 is 5.32 Å². The maximum Gasteiger partial charge on any atom is 0.328 e. The van der Waals surface area contributed by atoms with E-state index in [4.69, 9.17) is 14.6 Å². The number of hydrogen-bond donors (Lipinski definition) is 2. The number of urea groups is 1. The van der Waals surface area contributed by atoms with Gasteiger partial charge >= 0.3 is 12.0 Å². The molecular weight excluding hydrogens is 264 g/mol. The molecule has 0 aromatic rings.